The fourth-order valence-corrected chi connectivity index (χ4v) is 2.62. The van der Waals surface area contributed by atoms with Gasteiger partial charge in [-0.15, -0.1) is 0 Å². The van der Waals surface area contributed by atoms with Gasteiger partial charge in [-0.3, -0.25) is 0 Å². The minimum absolute atomic E-state index is 0.00509. The average Bonchev–Trinajstić information content (AvgIpc) is 2.66. The van der Waals surface area contributed by atoms with E-state index in [1.165, 1.54) is 0 Å². The smallest absolute Gasteiger partial charge is 0.378 e. The summed E-state index contributed by atoms with van der Waals surface area (Å²) in [6, 6.07) is 0. The zero-order chi connectivity index (χ0) is 16.1. The number of nitrogens with one attached hydrogen (secondary N) is 1. The van der Waals surface area contributed by atoms with Crippen LogP contribution in [0.1, 0.15) is 47.0 Å². The molecule has 126 valence electrons. The van der Waals surface area contributed by atoms with Crippen LogP contribution in [0.4, 0.5) is 13.2 Å². The molecule has 0 aromatic carbocycles. The van der Waals surface area contributed by atoms with Crippen LogP contribution in [0.5, 0.6) is 0 Å². The SMILES string of the molecule is CC1OCCC1(CCCOCC(F)(F)F)CNC(C)(C)C. The Hall–Kier alpha value is -0.330. The van der Waals surface area contributed by atoms with Gasteiger partial charge in [0.1, 0.15) is 6.61 Å². The van der Waals surface area contributed by atoms with Gasteiger partial charge in [0.05, 0.1) is 6.10 Å². The standard InChI is InChI=1S/C15H28F3NO2/c1-12-14(7-9-21-12,10-19-13(2,3)4)6-5-8-20-11-15(16,17)18/h12,19H,5-11H2,1-4H3. The van der Waals surface area contributed by atoms with E-state index in [4.69, 9.17) is 9.47 Å². The molecule has 0 radical (unpaired) electrons. The Morgan fingerprint density at radius 2 is 1.95 bits per heavy atom. The van der Waals surface area contributed by atoms with Crippen LogP contribution in [0.15, 0.2) is 0 Å². The van der Waals surface area contributed by atoms with Crippen LogP contribution < -0.4 is 5.32 Å². The van der Waals surface area contributed by atoms with E-state index in [1.807, 2.05) is 6.92 Å². The molecule has 2 atom stereocenters. The minimum atomic E-state index is -4.24. The molecule has 6 heteroatoms. The Bertz CT molecular complexity index is 315. The van der Waals surface area contributed by atoms with Gasteiger partial charge in [0.2, 0.25) is 0 Å². The molecule has 0 spiro atoms. The summed E-state index contributed by atoms with van der Waals surface area (Å²) in [6.45, 7) is 8.88. The Balaban J connectivity index is 2.41. The lowest BCUT2D eigenvalue weighted by molar-refractivity contribution is -0.174. The quantitative estimate of drug-likeness (QED) is 0.730. The monoisotopic (exact) mass is 311 g/mol. The molecule has 0 aromatic heterocycles. The van der Waals surface area contributed by atoms with Crippen LogP contribution >= 0.6 is 0 Å². The van der Waals surface area contributed by atoms with Crippen molar-refractivity contribution >= 4 is 0 Å². The van der Waals surface area contributed by atoms with Crippen LogP contribution in [-0.4, -0.2) is 44.2 Å². The fraction of sp³-hybridized carbons (Fsp3) is 1.00. The maximum Gasteiger partial charge on any atom is 0.411 e. The maximum atomic E-state index is 12.0. The van der Waals surface area contributed by atoms with E-state index in [9.17, 15) is 13.2 Å². The van der Waals surface area contributed by atoms with E-state index in [2.05, 4.69) is 26.1 Å². The summed E-state index contributed by atoms with van der Waals surface area (Å²) in [4.78, 5) is 0. The third-order valence-electron chi connectivity index (χ3n) is 4.03. The molecule has 21 heavy (non-hydrogen) atoms. The predicted molar refractivity (Wildman–Crippen MR) is 76.3 cm³/mol. The van der Waals surface area contributed by atoms with Crippen molar-refractivity contribution < 1.29 is 22.6 Å². The molecule has 1 saturated heterocycles. The molecule has 0 aromatic rings. The number of ether oxygens (including phenoxy) is 2. The number of hydrogen-bond donors (Lipinski definition) is 1. The third-order valence-corrected chi connectivity index (χ3v) is 4.03. The van der Waals surface area contributed by atoms with Crippen molar-refractivity contribution in [3.05, 3.63) is 0 Å². The maximum absolute atomic E-state index is 12.0. The van der Waals surface area contributed by atoms with Gasteiger partial charge in [-0.1, -0.05) is 0 Å². The molecular weight excluding hydrogens is 283 g/mol. The van der Waals surface area contributed by atoms with Crippen molar-refractivity contribution in [1.82, 2.24) is 5.32 Å². The van der Waals surface area contributed by atoms with Gasteiger partial charge in [0.25, 0.3) is 0 Å². The number of hydrogen-bond acceptors (Lipinski definition) is 3. The molecule has 1 rings (SSSR count). The summed E-state index contributed by atoms with van der Waals surface area (Å²) in [7, 11) is 0. The zero-order valence-electron chi connectivity index (χ0n) is 13.5. The fourth-order valence-electron chi connectivity index (χ4n) is 2.62. The number of halogens is 3. The largest absolute Gasteiger partial charge is 0.411 e. The lowest BCUT2D eigenvalue weighted by atomic mass is 9.77. The van der Waals surface area contributed by atoms with Gasteiger partial charge in [-0.2, -0.15) is 13.2 Å². The van der Waals surface area contributed by atoms with Crippen molar-refractivity contribution in [2.24, 2.45) is 5.41 Å². The first kappa shape index (κ1) is 18.7. The number of rotatable bonds is 7. The normalized spacial score (nSPS) is 27.3. The van der Waals surface area contributed by atoms with Crippen LogP contribution in [0.3, 0.4) is 0 Å². The molecule has 1 N–H and O–H groups in total. The Labute approximate surface area is 125 Å². The van der Waals surface area contributed by atoms with E-state index in [0.717, 1.165) is 26.0 Å². The van der Waals surface area contributed by atoms with Crippen LogP contribution in [0, 0.1) is 5.41 Å². The van der Waals surface area contributed by atoms with Crippen molar-refractivity contribution in [2.45, 2.75) is 64.8 Å². The minimum Gasteiger partial charge on any atom is -0.378 e. The summed E-state index contributed by atoms with van der Waals surface area (Å²) in [5.74, 6) is 0. The van der Waals surface area contributed by atoms with Crippen LogP contribution in [0.25, 0.3) is 0 Å². The molecule has 1 fully saturated rings. The third kappa shape index (κ3) is 6.98. The lowest BCUT2D eigenvalue weighted by Crippen LogP contribution is -2.46. The van der Waals surface area contributed by atoms with Crippen molar-refractivity contribution in [2.75, 3.05) is 26.4 Å². The van der Waals surface area contributed by atoms with Gasteiger partial charge in [0.15, 0.2) is 0 Å². The Morgan fingerprint density at radius 3 is 2.43 bits per heavy atom. The van der Waals surface area contributed by atoms with Crippen molar-refractivity contribution in [1.29, 1.82) is 0 Å². The van der Waals surface area contributed by atoms with Gasteiger partial charge < -0.3 is 14.8 Å². The molecule has 0 bridgehead atoms. The predicted octanol–water partition coefficient (Wildman–Crippen LogP) is 3.53. The summed E-state index contributed by atoms with van der Waals surface area (Å²) in [5.41, 5.74) is 0.0109. The summed E-state index contributed by atoms with van der Waals surface area (Å²) >= 11 is 0. The molecule has 1 heterocycles. The topological polar surface area (TPSA) is 30.5 Å². The second kappa shape index (κ2) is 7.29. The molecule has 3 nitrogen and oxygen atoms in total. The van der Waals surface area contributed by atoms with Crippen LogP contribution in [-0.2, 0) is 9.47 Å². The summed E-state index contributed by atoms with van der Waals surface area (Å²) in [5, 5.41) is 3.50. The molecule has 2 unspecified atom stereocenters. The Kier molecular flexibility index (Phi) is 6.50. The van der Waals surface area contributed by atoms with Crippen molar-refractivity contribution in [3.8, 4) is 0 Å². The average molecular weight is 311 g/mol. The second-order valence-electron chi connectivity index (χ2n) is 7.00. The van der Waals surface area contributed by atoms with Gasteiger partial charge in [-0.25, -0.2) is 0 Å². The lowest BCUT2D eigenvalue weighted by Gasteiger charge is -2.36. The first-order valence-corrected chi connectivity index (χ1v) is 7.55. The van der Waals surface area contributed by atoms with Gasteiger partial charge in [-0.05, 0) is 47.0 Å². The summed E-state index contributed by atoms with van der Waals surface area (Å²) in [6.07, 6.45) is -1.74. The molecule has 1 aliphatic heterocycles. The van der Waals surface area contributed by atoms with Crippen LogP contribution in [0.2, 0.25) is 0 Å². The second-order valence-corrected chi connectivity index (χ2v) is 7.00. The van der Waals surface area contributed by atoms with E-state index in [-0.39, 0.29) is 23.7 Å². The first-order chi connectivity index (χ1) is 9.54. The summed E-state index contributed by atoms with van der Waals surface area (Å²) < 4.78 is 46.4. The van der Waals surface area contributed by atoms with Gasteiger partial charge in [0, 0.05) is 30.7 Å². The highest BCUT2D eigenvalue weighted by Gasteiger charge is 2.41. The van der Waals surface area contributed by atoms with E-state index in [0.29, 0.717) is 6.42 Å². The first-order valence-electron chi connectivity index (χ1n) is 7.55. The Morgan fingerprint density at radius 1 is 1.29 bits per heavy atom. The van der Waals surface area contributed by atoms with E-state index in [1.54, 1.807) is 0 Å². The number of alkyl halides is 3. The highest BCUT2D eigenvalue weighted by molar-refractivity contribution is 4.93. The zero-order valence-corrected chi connectivity index (χ0v) is 13.5. The highest BCUT2D eigenvalue weighted by Crippen LogP contribution is 2.39. The molecule has 0 amide bonds. The van der Waals surface area contributed by atoms with Crippen molar-refractivity contribution in [3.63, 3.8) is 0 Å². The van der Waals surface area contributed by atoms with E-state index < -0.39 is 12.8 Å². The molecule has 1 aliphatic rings. The highest BCUT2D eigenvalue weighted by atomic mass is 19.4. The molecule has 0 aliphatic carbocycles. The van der Waals surface area contributed by atoms with Gasteiger partial charge >= 0.3 is 6.18 Å². The molecular formula is C15H28F3NO2. The molecule has 0 saturated carbocycles. The van der Waals surface area contributed by atoms with E-state index >= 15 is 0 Å².